The summed E-state index contributed by atoms with van der Waals surface area (Å²) in [4.78, 5) is 13.1. The number of nitrogens with zero attached hydrogens (tertiary/aromatic N) is 1. The molecule has 1 fully saturated rings. The first kappa shape index (κ1) is 17.5. The maximum Gasteiger partial charge on any atom is 1.00 e. The summed E-state index contributed by atoms with van der Waals surface area (Å²) >= 11 is 0. The topological polar surface area (TPSA) is 52.6 Å². The Morgan fingerprint density at radius 1 is 1.35 bits per heavy atom. The van der Waals surface area contributed by atoms with Crippen LogP contribution >= 0.6 is 0 Å². The predicted octanol–water partition coefficient (Wildman–Crippen LogP) is -1.94. The predicted molar refractivity (Wildman–Crippen MR) is 70.8 cm³/mol. The second-order valence-corrected chi connectivity index (χ2v) is 5.01. The van der Waals surface area contributed by atoms with Crippen molar-refractivity contribution < 1.29 is 44.2 Å². The monoisotopic (exact) mass is 285 g/mol. The fraction of sp³-hybridized carbons (Fsp3) is 0.533. The van der Waals surface area contributed by atoms with E-state index in [2.05, 4.69) is 6.92 Å². The molecule has 104 valence electrons. The van der Waals surface area contributed by atoms with E-state index in [-0.39, 0.29) is 35.6 Å². The fourth-order valence-electron chi connectivity index (χ4n) is 2.66. The van der Waals surface area contributed by atoms with E-state index in [0.29, 0.717) is 19.6 Å². The summed E-state index contributed by atoms with van der Waals surface area (Å²) in [5.41, 5.74) is 0. The normalized spacial score (nSPS) is 22.9. The number of carbonyl (C=O) groups excluding carboxylic acids is 1. The minimum absolute atomic E-state index is 0. The summed E-state index contributed by atoms with van der Waals surface area (Å²) in [6.45, 7) is 3.18. The molecule has 0 unspecified atom stereocenters. The molecule has 4 nitrogen and oxygen atoms in total. The SMILES string of the molecule is C[C@@H]1CCC[C@H](C(=O)[O-])N1CCOc1ccccc1.[Na+]. The molecule has 1 aliphatic rings. The summed E-state index contributed by atoms with van der Waals surface area (Å²) in [6, 6.07) is 9.38. The van der Waals surface area contributed by atoms with Gasteiger partial charge < -0.3 is 14.6 Å². The molecule has 0 amide bonds. The van der Waals surface area contributed by atoms with Gasteiger partial charge in [0.2, 0.25) is 0 Å². The molecule has 0 radical (unpaired) electrons. The molecule has 1 aromatic rings. The van der Waals surface area contributed by atoms with Crippen LogP contribution in [0.1, 0.15) is 26.2 Å². The molecule has 1 aliphatic heterocycles. The van der Waals surface area contributed by atoms with Crippen molar-refractivity contribution in [2.24, 2.45) is 0 Å². The quantitative estimate of drug-likeness (QED) is 0.591. The van der Waals surface area contributed by atoms with Crippen LogP contribution in [0.25, 0.3) is 0 Å². The Hall–Kier alpha value is -0.550. The Morgan fingerprint density at radius 3 is 2.70 bits per heavy atom. The first-order valence-corrected chi connectivity index (χ1v) is 6.83. The van der Waals surface area contributed by atoms with Crippen molar-refractivity contribution in [2.75, 3.05) is 13.2 Å². The van der Waals surface area contributed by atoms with Gasteiger partial charge in [0.25, 0.3) is 0 Å². The number of carboxylic acids is 1. The third-order valence-corrected chi connectivity index (χ3v) is 3.70. The van der Waals surface area contributed by atoms with Gasteiger partial charge in [-0.15, -0.1) is 0 Å². The number of aliphatic carboxylic acids is 1. The van der Waals surface area contributed by atoms with Crippen LogP contribution in [0, 0.1) is 0 Å². The van der Waals surface area contributed by atoms with E-state index in [4.69, 9.17) is 4.74 Å². The van der Waals surface area contributed by atoms with E-state index < -0.39 is 12.0 Å². The van der Waals surface area contributed by atoms with Crippen LogP contribution in [-0.2, 0) is 4.79 Å². The summed E-state index contributed by atoms with van der Waals surface area (Å²) in [5.74, 6) is -0.150. The minimum atomic E-state index is -0.966. The second-order valence-electron chi connectivity index (χ2n) is 5.01. The van der Waals surface area contributed by atoms with Crippen molar-refractivity contribution in [2.45, 2.75) is 38.3 Å². The third-order valence-electron chi connectivity index (χ3n) is 3.70. The number of hydrogen-bond acceptors (Lipinski definition) is 4. The van der Waals surface area contributed by atoms with Gasteiger partial charge in [-0.25, -0.2) is 0 Å². The largest absolute Gasteiger partial charge is 1.00 e. The Balaban J connectivity index is 0.00000200. The van der Waals surface area contributed by atoms with Crippen LogP contribution < -0.4 is 39.4 Å². The average molecular weight is 285 g/mol. The molecular weight excluding hydrogens is 265 g/mol. The number of benzene rings is 1. The van der Waals surface area contributed by atoms with Crippen molar-refractivity contribution in [1.29, 1.82) is 0 Å². The van der Waals surface area contributed by atoms with Crippen LogP contribution in [0.2, 0.25) is 0 Å². The smallest absolute Gasteiger partial charge is 0.548 e. The zero-order valence-electron chi connectivity index (χ0n) is 12.2. The molecule has 0 N–H and O–H groups in total. The molecule has 0 aliphatic carbocycles. The van der Waals surface area contributed by atoms with E-state index in [1.807, 2.05) is 35.2 Å². The number of carbonyl (C=O) groups is 1. The van der Waals surface area contributed by atoms with Crippen molar-refractivity contribution in [3.05, 3.63) is 30.3 Å². The Morgan fingerprint density at radius 2 is 2.05 bits per heavy atom. The van der Waals surface area contributed by atoms with Gasteiger partial charge in [0.1, 0.15) is 12.4 Å². The maximum atomic E-state index is 11.1. The summed E-state index contributed by atoms with van der Waals surface area (Å²) in [5, 5.41) is 11.1. The molecule has 1 aromatic carbocycles. The molecule has 1 saturated heterocycles. The number of carboxylic acid groups (broad SMARTS) is 1. The number of para-hydroxylation sites is 1. The Kier molecular flexibility index (Phi) is 7.59. The van der Waals surface area contributed by atoms with Crippen LogP contribution in [0.4, 0.5) is 0 Å². The van der Waals surface area contributed by atoms with Gasteiger partial charge in [-0.3, -0.25) is 4.90 Å². The molecule has 0 saturated carbocycles. The van der Waals surface area contributed by atoms with E-state index in [9.17, 15) is 9.90 Å². The fourth-order valence-corrected chi connectivity index (χ4v) is 2.66. The van der Waals surface area contributed by atoms with E-state index in [0.717, 1.165) is 18.6 Å². The van der Waals surface area contributed by atoms with E-state index in [1.54, 1.807) is 0 Å². The van der Waals surface area contributed by atoms with Gasteiger partial charge in [-0.05, 0) is 38.3 Å². The van der Waals surface area contributed by atoms with Gasteiger partial charge in [0.05, 0.1) is 5.97 Å². The first-order valence-electron chi connectivity index (χ1n) is 6.83. The molecule has 2 rings (SSSR count). The molecule has 0 aromatic heterocycles. The average Bonchev–Trinajstić information content (AvgIpc) is 2.41. The van der Waals surface area contributed by atoms with Crippen molar-refractivity contribution >= 4 is 5.97 Å². The number of likely N-dealkylation sites (tertiary alicyclic amines) is 1. The molecular formula is C15H20NNaO3. The molecule has 0 bridgehead atoms. The standard InChI is InChI=1S/C15H21NO3.Na/c1-12-6-5-9-14(15(17)18)16(12)10-11-19-13-7-3-2-4-8-13;/h2-4,7-8,12,14H,5-6,9-11H2,1H3,(H,17,18);/q;+1/p-1/t12-,14-;/m1./s1. The molecule has 0 spiro atoms. The second kappa shape index (κ2) is 8.67. The van der Waals surface area contributed by atoms with Crippen molar-refractivity contribution in [3.63, 3.8) is 0 Å². The number of ether oxygens (including phenoxy) is 1. The first-order chi connectivity index (χ1) is 9.18. The van der Waals surface area contributed by atoms with Crippen molar-refractivity contribution in [1.82, 2.24) is 4.90 Å². The zero-order chi connectivity index (χ0) is 13.7. The number of hydrogen-bond donors (Lipinski definition) is 0. The van der Waals surface area contributed by atoms with Gasteiger partial charge in [0.15, 0.2) is 0 Å². The molecule has 5 heteroatoms. The summed E-state index contributed by atoms with van der Waals surface area (Å²) in [7, 11) is 0. The van der Waals surface area contributed by atoms with Crippen LogP contribution in [0.5, 0.6) is 5.75 Å². The summed E-state index contributed by atoms with van der Waals surface area (Å²) in [6.07, 6.45) is 2.67. The van der Waals surface area contributed by atoms with Crippen LogP contribution in [0.3, 0.4) is 0 Å². The van der Waals surface area contributed by atoms with Gasteiger partial charge >= 0.3 is 29.6 Å². The molecule has 20 heavy (non-hydrogen) atoms. The minimum Gasteiger partial charge on any atom is -0.548 e. The molecule has 2 atom stereocenters. The molecule has 1 heterocycles. The van der Waals surface area contributed by atoms with E-state index in [1.165, 1.54) is 0 Å². The van der Waals surface area contributed by atoms with Crippen LogP contribution in [0.15, 0.2) is 30.3 Å². The van der Waals surface area contributed by atoms with Gasteiger partial charge in [-0.1, -0.05) is 18.2 Å². The Bertz CT molecular complexity index is 413. The van der Waals surface area contributed by atoms with Crippen molar-refractivity contribution in [3.8, 4) is 5.75 Å². The number of rotatable bonds is 5. The van der Waals surface area contributed by atoms with Gasteiger partial charge in [-0.2, -0.15) is 0 Å². The van der Waals surface area contributed by atoms with E-state index >= 15 is 0 Å². The number of piperidine rings is 1. The Labute approximate surface area is 142 Å². The third kappa shape index (κ3) is 4.77. The summed E-state index contributed by atoms with van der Waals surface area (Å²) < 4.78 is 5.63. The van der Waals surface area contributed by atoms with Crippen LogP contribution in [-0.4, -0.2) is 36.1 Å². The maximum absolute atomic E-state index is 11.1. The zero-order valence-corrected chi connectivity index (χ0v) is 14.2. The van der Waals surface area contributed by atoms with Gasteiger partial charge in [0, 0.05) is 18.6 Å².